The van der Waals surface area contributed by atoms with Crippen molar-refractivity contribution in [2.75, 3.05) is 0 Å². The lowest BCUT2D eigenvalue weighted by molar-refractivity contribution is 0.279. The molecule has 1 aromatic carbocycles. The van der Waals surface area contributed by atoms with E-state index in [2.05, 4.69) is 4.98 Å². The summed E-state index contributed by atoms with van der Waals surface area (Å²) in [6.45, 7) is 1.83. The molecule has 3 nitrogen and oxygen atoms in total. The van der Waals surface area contributed by atoms with E-state index in [9.17, 15) is 5.11 Å². The summed E-state index contributed by atoms with van der Waals surface area (Å²) in [4.78, 5) is 5.04. The van der Waals surface area contributed by atoms with Gasteiger partial charge in [-0.2, -0.15) is 0 Å². The maximum atomic E-state index is 9.19. The van der Waals surface area contributed by atoms with Crippen LogP contribution in [-0.2, 0) is 6.61 Å². The topological polar surface area (TPSA) is 46.3 Å². The van der Waals surface area contributed by atoms with Crippen LogP contribution < -0.4 is 0 Å². The molecule has 0 aliphatic heterocycles. The summed E-state index contributed by atoms with van der Waals surface area (Å²) in [6.07, 6.45) is 1.59. The standard InChI is InChI=1S/C11H10ClNO2S/c1-7-6-15-11(13-7)16-10-4-9(12)3-2-8(10)5-14/h2-4,6,14H,5H2,1H3. The zero-order valence-corrected chi connectivity index (χ0v) is 10.2. The molecule has 0 radical (unpaired) electrons. The molecule has 0 fully saturated rings. The molecule has 1 aromatic heterocycles. The molecule has 0 atom stereocenters. The van der Waals surface area contributed by atoms with Gasteiger partial charge in [0.1, 0.15) is 6.26 Å². The number of nitrogens with zero attached hydrogens (tertiary/aromatic N) is 1. The van der Waals surface area contributed by atoms with Crippen molar-refractivity contribution in [1.29, 1.82) is 0 Å². The predicted molar refractivity (Wildman–Crippen MR) is 62.7 cm³/mol. The summed E-state index contributed by atoms with van der Waals surface area (Å²) < 4.78 is 5.23. The Morgan fingerprint density at radius 1 is 1.50 bits per heavy atom. The highest BCUT2D eigenvalue weighted by Gasteiger charge is 2.08. The highest BCUT2D eigenvalue weighted by molar-refractivity contribution is 7.99. The average molecular weight is 256 g/mol. The first-order valence-electron chi connectivity index (χ1n) is 4.68. The van der Waals surface area contributed by atoms with E-state index in [1.807, 2.05) is 6.92 Å². The van der Waals surface area contributed by atoms with E-state index >= 15 is 0 Å². The van der Waals surface area contributed by atoms with Gasteiger partial charge in [0, 0.05) is 9.92 Å². The van der Waals surface area contributed by atoms with Crippen LogP contribution >= 0.6 is 23.4 Å². The molecule has 16 heavy (non-hydrogen) atoms. The summed E-state index contributed by atoms with van der Waals surface area (Å²) >= 11 is 7.25. The molecular weight excluding hydrogens is 246 g/mol. The Morgan fingerprint density at radius 2 is 2.31 bits per heavy atom. The number of aliphatic hydroxyl groups excluding tert-OH is 1. The first kappa shape index (κ1) is 11.5. The average Bonchev–Trinajstić information content (AvgIpc) is 2.64. The lowest BCUT2D eigenvalue weighted by atomic mass is 10.2. The van der Waals surface area contributed by atoms with Crippen molar-refractivity contribution < 1.29 is 9.52 Å². The Kier molecular flexibility index (Phi) is 3.53. The number of hydrogen-bond donors (Lipinski definition) is 1. The Morgan fingerprint density at radius 3 is 2.94 bits per heavy atom. The monoisotopic (exact) mass is 255 g/mol. The summed E-state index contributed by atoms with van der Waals surface area (Å²) in [5.74, 6) is 0. The van der Waals surface area contributed by atoms with Gasteiger partial charge >= 0.3 is 0 Å². The number of aliphatic hydroxyl groups is 1. The molecule has 0 amide bonds. The van der Waals surface area contributed by atoms with Gasteiger partial charge in [0.25, 0.3) is 5.22 Å². The van der Waals surface area contributed by atoms with Crippen molar-refractivity contribution >= 4 is 23.4 Å². The van der Waals surface area contributed by atoms with Crippen molar-refractivity contribution in [2.24, 2.45) is 0 Å². The molecule has 2 rings (SSSR count). The Labute approximate surface area is 102 Å². The van der Waals surface area contributed by atoms with E-state index in [1.54, 1.807) is 24.5 Å². The van der Waals surface area contributed by atoms with Gasteiger partial charge < -0.3 is 9.52 Å². The smallest absolute Gasteiger partial charge is 0.260 e. The molecule has 0 saturated carbocycles. The van der Waals surface area contributed by atoms with Crippen molar-refractivity contribution in [2.45, 2.75) is 23.6 Å². The second-order valence-electron chi connectivity index (χ2n) is 3.27. The van der Waals surface area contributed by atoms with Gasteiger partial charge in [-0.1, -0.05) is 17.7 Å². The van der Waals surface area contributed by atoms with Crippen LogP contribution in [-0.4, -0.2) is 10.1 Å². The normalized spacial score (nSPS) is 10.7. The number of aromatic nitrogens is 1. The minimum atomic E-state index is -0.0286. The third kappa shape index (κ3) is 2.58. The SMILES string of the molecule is Cc1coc(Sc2cc(Cl)ccc2CO)n1. The minimum absolute atomic E-state index is 0.0286. The molecule has 1 heterocycles. The van der Waals surface area contributed by atoms with Crippen LogP contribution in [0.3, 0.4) is 0 Å². The Balaban J connectivity index is 2.29. The number of benzene rings is 1. The zero-order valence-electron chi connectivity index (χ0n) is 8.61. The fourth-order valence-electron chi connectivity index (χ4n) is 1.23. The van der Waals surface area contributed by atoms with E-state index < -0.39 is 0 Å². The molecule has 0 saturated heterocycles. The first-order valence-corrected chi connectivity index (χ1v) is 5.88. The minimum Gasteiger partial charge on any atom is -0.439 e. The highest BCUT2D eigenvalue weighted by atomic mass is 35.5. The molecular formula is C11H10ClNO2S. The number of oxazole rings is 1. The van der Waals surface area contributed by atoms with Crippen LogP contribution in [0.4, 0.5) is 0 Å². The molecule has 0 spiro atoms. The number of halogens is 1. The van der Waals surface area contributed by atoms with Crippen molar-refractivity contribution in [3.63, 3.8) is 0 Å². The van der Waals surface area contributed by atoms with Crippen LogP contribution in [0.15, 0.2) is 39.0 Å². The summed E-state index contributed by atoms with van der Waals surface area (Å²) in [7, 11) is 0. The van der Waals surface area contributed by atoms with E-state index in [1.165, 1.54) is 11.8 Å². The van der Waals surface area contributed by atoms with E-state index in [0.29, 0.717) is 10.2 Å². The summed E-state index contributed by atoms with van der Waals surface area (Å²) in [6, 6.07) is 5.33. The van der Waals surface area contributed by atoms with Crippen LogP contribution in [0.2, 0.25) is 5.02 Å². The van der Waals surface area contributed by atoms with Crippen LogP contribution in [0.5, 0.6) is 0 Å². The molecule has 5 heteroatoms. The lowest BCUT2D eigenvalue weighted by Gasteiger charge is -2.04. The first-order chi connectivity index (χ1) is 7.69. The fraction of sp³-hybridized carbons (Fsp3) is 0.182. The predicted octanol–water partition coefficient (Wildman–Crippen LogP) is 3.28. The maximum Gasteiger partial charge on any atom is 0.260 e. The third-order valence-corrected chi connectivity index (χ3v) is 3.19. The van der Waals surface area contributed by atoms with Crippen LogP contribution in [0.25, 0.3) is 0 Å². The molecule has 2 aromatic rings. The highest BCUT2D eigenvalue weighted by Crippen LogP contribution is 2.31. The fourth-order valence-corrected chi connectivity index (χ4v) is 2.39. The van der Waals surface area contributed by atoms with E-state index in [-0.39, 0.29) is 6.61 Å². The van der Waals surface area contributed by atoms with Crippen LogP contribution in [0.1, 0.15) is 11.3 Å². The van der Waals surface area contributed by atoms with Gasteiger partial charge in [-0.25, -0.2) is 4.98 Å². The van der Waals surface area contributed by atoms with Crippen molar-refractivity contribution in [3.05, 3.63) is 40.7 Å². The summed E-state index contributed by atoms with van der Waals surface area (Å²) in [5, 5.41) is 10.4. The van der Waals surface area contributed by atoms with Gasteiger partial charge in [0.05, 0.1) is 12.3 Å². The second kappa shape index (κ2) is 4.91. The van der Waals surface area contributed by atoms with Gasteiger partial charge in [-0.15, -0.1) is 0 Å². The number of hydrogen-bond acceptors (Lipinski definition) is 4. The van der Waals surface area contributed by atoms with Gasteiger partial charge in [0.15, 0.2) is 0 Å². The molecule has 0 unspecified atom stereocenters. The van der Waals surface area contributed by atoms with E-state index in [4.69, 9.17) is 16.0 Å². The van der Waals surface area contributed by atoms with Gasteiger partial charge in [-0.3, -0.25) is 0 Å². The molecule has 84 valence electrons. The molecule has 1 N–H and O–H groups in total. The molecule has 0 bridgehead atoms. The number of rotatable bonds is 3. The third-order valence-electron chi connectivity index (χ3n) is 1.99. The second-order valence-corrected chi connectivity index (χ2v) is 4.70. The quantitative estimate of drug-likeness (QED) is 0.914. The Bertz CT molecular complexity index is 498. The van der Waals surface area contributed by atoms with Crippen molar-refractivity contribution in [1.82, 2.24) is 4.98 Å². The summed E-state index contributed by atoms with van der Waals surface area (Å²) in [5.41, 5.74) is 1.64. The maximum absolute atomic E-state index is 9.19. The number of aryl methyl sites for hydroxylation is 1. The Hall–Kier alpha value is -0.970. The molecule has 0 aliphatic rings. The van der Waals surface area contributed by atoms with E-state index in [0.717, 1.165) is 16.2 Å². The largest absolute Gasteiger partial charge is 0.439 e. The molecule has 0 aliphatic carbocycles. The van der Waals surface area contributed by atoms with Gasteiger partial charge in [0.2, 0.25) is 0 Å². The van der Waals surface area contributed by atoms with Gasteiger partial charge in [-0.05, 0) is 36.4 Å². The van der Waals surface area contributed by atoms with Crippen molar-refractivity contribution in [3.8, 4) is 0 Å². The lowest BCUT2D eigenvalue weighted by Crippen LogP contribution is -1.87. The zero-order chi connectivity index (χ0) is 11.5. The van der Waals surface area contributed by atoms with Crippen LogP contribution in [0, 0.1) is 6.92 Å².